The topological polar surface area (TPSA) is 94.2 Å². The highest BCUT2D eigenvalue weighted by atomic mass is 32.2. The van der Waals surface area contributed by atoms with E-state index in [1.165, 1.54) is 6.07 Å². The summed E-state index contributed by atoms with van der Waals surface area (Å²) in [4.78, 5) is 12.2. The fourth-order valence-corrected chi connectivity index (χ4v) is 3.35. The van der Waals surface area contributed by atoms with E-state index < -0.39 is 15.9 Å². The van der Waals surface area contributed by atoms with Crippen molar-refractivity contribution in [1.29, 1.82) is 0 Å². The van der Waals surface area contributed by atoms with Crippen LogP contribution in [0.2, 0.25) is 0 Å². The average Bonchev–Trinajstić information content (AvgIpc) is 3.11. The molecule has 0 unspecified atom stereocenters. The Morgan fingerprint density at radius 2 is 1.89 bits per heavy atom. The number of sulfonamides is 1. The van der Waals surface area contributed by atoms with Crippen LogP contribution in [-0.4, -0.2) is 47.1 Å². The van der Waals surface area contributed by atoms with Gasteiger partial charge >= 0.3 is 0 Å². The summed E-state index contributed by atoms with van der Waals surface area (Å²) in [5.41, 5.74) is 0.331. The van der Waals surface area contributed by atoms with Crippen LogP contribution in [0.5, 0.6) is 17.2 Å². The van der Waals surface area contributed by atoms with Crippen LogP contribution >= 0.6 is 0 Å². The number of carbonyl (C=O) groups is 1. The predicted octanol–water partition coefficient (Wildman–Crippen LogP) is 1.38. The van der Waals surface area contributed by atoms with Crippen LogP contribution in [-0.2, 0) is 14.8 Å². The number of nitrogens with one attached hydrogen (secondary N) is 1. The van der Waals surface area contributed by atoms with Crippen LogP contribution in [0, 0.1) is 0 Å². The van der Waals surface area contributed by atoms with E-state index in [4.69, 9.17) is 14.2 Å². The number of benzene rings is 2. The fourth-order valence-electron chi connectivity index (χ4n) is 2.50. The third-order valence-electron chi connectivity index (χ3n) is 3.77. The van der Waals surface area contributed by atoms with Crippen molar-refractivity contribution < 1.29 is 27.4 Å². The summed E-state index contributed by atoms with van der Waals surface area (Å²) in [6, 6.07) is 13.9. The number of anilines is 1. The molecule has 8 nitrogen and oxygen atoms in total. The monoisotopic (exact) mass is 392 g/mol. The van der Waals surface area contributed by atoms with Gasteiger partial charge in [-0.3, -0.25) is 9.10 Å². The molecule has 1 aliphatic heterocycles. The molecule has 0 fully saturated rings. The van der Waals surface area contributed by atoms with Crippen molar-refractivity contribution >= 4 is 21.6 Å². The Morgan fingerprint density at radius 1 is 1.15 bits per heavy atom. The quantitative estimate of drug-likeness (QED) is 0.682. The Balaban J connectivity index is 1.57. The van der Waals surface area contributed by atoms with Gasteiger partial charge in [0.2, 0.25) is 22.7 Å². The molecule has 1 aliphatic rings. The molecule has 1 heterocycles. The van der Waals surface area contributed by atoms with Gasteiger partial charge < -0.3 is 19.5 Å². The lowest BCUT2D eigenvalue weighted by molar-refractivity contribution is -0.119. The van der Waals surface area contributed by atoms with E-state index >= 15 is 0 Å². The third-order valence-corrected chi connectivity index (χ3v) is 4.91. The minimum Gasteiger partial charge on any atom is -0.492 e. The summed E-state index contributed by atoms with van der Waals surface area (Å²) in [6.07, 6.45) is 1.05. The van der Waals surface area contributed by atoms with Gasteiger partial charge in [-0.25, -0.2) is 8.42 Å². The predicted molar refractivity (Wildman–Crippen MR) is 99.7 cm³/mol. The number of para-hydroxylation sites is 1. The second kappa shape index (κ2) is 8.17. The van der Waals surface area contributed by atoms with Gasteiger partial charge in [-0.1, -0.05) is 18.2 Å². The first-order chi connectivity index (χ1) is 12.9. The summed E-state index contributed by atoms with van der Waals surface area (Å²) < 4.78 is 41.3. The van der Waals surface area contributed by atoms with Crippen LogP contribution in [0.4, 0.5) is 5.69 Å². The molecular formula is C18H20N2O6S. The van der Waals surface area contributed by atoms with Gasteiger partial charge in [-0.05, 0) is 24.3 Å². The molecule has 0 saturated carbocycles. The van der Waals surface area contributed by atoms with E-state index in [2.05, 4.69) is 5.32 Å². The second-order valence-electron chi connectivity index (χ2n) is 5.82. The number of nitrogens with zero attached hydrogens (tertiary/aromatic N) is 1. The van der Waals surface area contributed by atoms with E-state index in [9.17, 15) is 13.2 Å². The lowest BCUT2D eigenvalue weighted by atomic mass is 10.3. The van der Waals surface area contributed by atoms with Crippen LogP contribution in [0.25, 0.3) is 0 Å². The van der Waals surface area contributed by atoms with Gasteiger partial charge in [0.1, 0.15) is 18.9 Å². The Hall–Kier alpha value is -2.94. The number of carbonyl (C=O) groups excluding carboxylic acids is 1. The molecule has 1 N–H and O–H groups in total. The summed E-state index contributed by atoms with van der Waals surface area (Å²) >= 11 is 0. The molecule has 2 aromatic carbocycles. The van der Waals surface area contributed by atoms with E-state index in [0.717, 1.165) is 10.6 Å². The van der Waals surface area contributed by atoms with Gasteiger partial charge in [-0.15, -0.1) is 0 Å². The Kier molecular flexibility index (Phi) is 5.70. The highest BCUT2D eigenvalue weighted by Crippen LogP contribution is 2.35. The minimum atomic E-state index is -3.66. The molecule has 0 radical (unpaired) electrons. The Labute approximate surface area is 157 Å². The molecule has 1 amide bonds. The lowest BCUT2D eigenvalue weighted by Crippen LogP contribution is -2.41. The number of rotatable bonds is 8. The molecule has 0 bridgehead atoms. The standard InChI is InChI=1S/C18H20N2O6S/c1-27(22,23)20(14-7-8-16-17(11-14)26-13-25-16)12-18(21)19-9-10-24-15-5-3-2-4-6-15/h2-8,11H,9-10,12-13H2,1H3,(H,19,21). The second-order valence-corrected chi connectivity index (χ2v) is 7.73. The maximum atomic E-state index is 12.2. The summed E-state index contributed by atoms with van der Waals surface area (Å²) in [7, 11) is -3.66. The highest BCUT2D eigenvalue weighted by molar-refractivity contribution is 7.92. The van der Waals surface area contributed by atoms with Gasteiger partial charge in [0.15, 0.2) is 11.5 Å². The van der Waals surface area contributed by atoms with Crippen LogP contribution in [0.3, 0.4) is 0 Å². The number of hydrogen-bond donors (Lipinski definition) is 1. The van der Waals surface area contributed by atoms with Gasteiger partial charge in [0.25, 0.3) is 0 Å². The smallest absolute Gasteiger partial charge is 0.240 e. The number of ether oxygens (including phenoxy) is 3. The number of amides is 1. The fraction of sp³-hybridized carbons (Fsp3) is 0.278. The molecule has 9 heteroatoms. The largest absolute Gasteiger partial charge is 0.492 e. The summed E-state index contributed by atoms with van der Waals surface area (Å²) in [6.45, 7) is 0.272. The Morgan fingerprint density at radius 3 is 2.63 bits per heavy atom. The van der Waals surface area contributed by atoms with Crippen molar-refractivity contribution in [3.05, 3.63) is 48.5 Å². The Bertz CT molecular complexity index is 901. The van der Waals surface area contributed by atoms with E-state index in [0.29, 0.717) is 22.9 Å². The SMILES string of the molecule is CS(=O)(=O)N(CC(=O)NCCOc1ccccc1)c1ccc2c(c1)OCO2. The molecule has 2 aromatic rings. The minimum absolute atomic E-state index is 0.0829. The zero-order chi connectivity index (χ0) is 19.3. The van der Waals surface area contributed by atoms with Gasteiger partial charge in [0, 0.05) is 6.07 Å². The first-order valence-electron chi connectivity index (χ1n) is 8.25. The van der Waals surface area contributed by atoms with Gasteiger partial charge in [0.05, 0.1) is 18.5 Å². The van der Waals surface area contributed by atoms with E-state index in [1.54, 1.807) is 12.1 Å². The molecule has 0 aliphatic carbocycles. The van der Waals surface area contributed by atoms with Crippen LogP contribution in [0.15, 0.2) is 48.5 Å². The highest BCUT2D eigenvalue weighted by Gasteiger charge is 2.23. The van der Waals surface area contributed by atoms with Crippen LogP contribution in [0.1, 0.15) is 0 Å². The maximum Gasteiger partial charge on any atom is 0.240 e. The normalized spacial score (nSPS) is 12.5. The van der Waals surface area contributed by atoms with E-state index in [-0.39, 0.29) is 26.5 Å². The van der Waals surface area contributed by atoms with Crippen molar-refractivity contribution in [2.24, 2.45) is 0 Å². The lowest BCUT2D eigenvalue weighted by Gasteiger charge is -2.22. The van der Waals surface area contributed by atoms with Crippen molar-refractivity contribution in [3.63, 3.8) is 0 Å². The molecule has 3 rings (SSSR count). The molecule has 144 valence electrons. The molecule has 0 atom stereocenters. The molecule has 0 spiro atoms. The van der Waals surface area contributed by atoms with Crippen molar-refractivity contribution in [3.8, 4) is 17.2 Å². The van der Waals surface area contributed by atoms with Crippen molar-refractivity contribution in [2.45, 2.75) is 0 Å². The van der Waals surface area contributed by atoms with E-state index in [1.807, 2.05) is 30.3 Å². The maximum absolute atomic E-state index is 12.2. The summed E-state index contributed by atoms with van der Waals surface area (Å²) in [5, 5.41) is 2.65. The zero-order valence-corrected chi connectivity index (χ0v) is 15.6. The van der Waals surface area contributed by atoms with Crippen LogP contribution < -0.4 is 23.8 Å². The first-order valence-corrected chi connectivity index (χ1v) is 10.1. The van der Waals surface area contributed by atoms with Crippen molar-refractivity contribution in [1.82, 2.24) is 5.32 Å². The molecule has 0 aromatic heterocycles. The van der Waals surface area contributed by atoms with Gasteiger partial charge in [-0.2, -0.15) is 0 Å². The molecule has 27 heavy (non-hydrogen) atoms. The summed E-state index contributed by atoms with van der Waals surface area (Å²) in [5.74, 6) is 1.24. The first kappa shape index (κ1) is 18.8. The zero-order valence-electron chi connectivity index (χ0n) is 14.8. The van der Waals surface area contributed by atoms with Crippen molar-refractivity contribution in [2.75, 3.05) is 37.1 Å². The molecule has 0 saturated heterocycles. The number of hydrogen-bond acceptors (Lipinski definition) is 6. The third kappa shape index (κ3) is 5.04. The number of fused-ring (bicyclic) bond motifs is 1. The average molecular weight is 392 g/mol. The molecular weight excluding hydrogens is 372 g/mol.